The van der Waals surface area contributed by atoms with E-state index in [-0.39, 0.29) is 0 Å². The number of nitriles is 1. The number of piperidine rings is 1. The Morgan fingerprint density at radius 1 is 1.10 bits per heavy atom. The number of halogens is 1. The van der Waals surface area contributed by atoms with Gasteiger partial charge in [0, 0.05) is 37.1 Å². The molecule has 21 heavy (non-hydrogen) atoms. The summed E-state index contributed by atoms with van der Waals surface area (Å²) in [6.45, 7) is 1.90. The van der Waals surface area contributed by atoms with Crippen LogP contribution in [0.2, 0.25) is 5.02 Å². The van der Waals surface area contributed by atoms with Crippen molar-refractivity contribution in [1.29, 1.82) is 5.26 Å². The maximum Gasteiger partial charge on any atom is 0.128 e. The van der Waals surface area contributed by atoms with E-state index in [0.717, 1.165) is 37.4 Å². The van der Waals surface area contributed by atoms with Crippen LogP contribution in [0.4, 0.5) is 5.82 Å². The van der Waals surface area contributed by atoms with Gasteiger partial charge in [0.2, 0.25) is 0 Å². The molecule has 1 saturated heterocycles. The van der Waals surface area contributed by atoms with Gasteiger partial charge in [-0.2, -0.15) is 5.26 Å². The number of aromatic nitrogens is 2. The SMILES string of the molecule is N#Cc1ccc(N2CCC(c3ccc(Cl)cn3)CC2)nc1. The predicted octanol–water partition coefficient (Wildman–Crippen LogP) is 3.39. The first kappa shape index (κ1) is 13.8. The van der Waals surface area contributed by atoms with Crippen LogP contribution in [0.5, 0.6) is 0 Å². The summed E-state index contributed by atoms with van der Waals surface area (Å²) in [5.74, 6) is 1.42. The number of rotatable bonds is 2. The fourth-order valence-electron chi connectivity index (χ4n) is 2.67. The van der Waals surface area contributed by atoms with Gasteiger partial charge < -0.3 is 4.90 Å². The minimum Gasteiger partial charge on any atom is -0.357 e. The molecule has 3 heterocycles. The van der Waals surface area contributed by atoms with Crippen LogP contribution in [-0.2, 0) is 0 Å². The third-order valence-corrected chi connectivity index (χ3v) is 4.09. The summed E-state index contributed by atoms with van der Waals surface area (Å²) >= 11 is 5.88. The molecule has 0 radical (unpaired) electrons. The first-order valence-electron chi connectivity index (χ1n) is 6.99. The zero-order valence-electron chi connectivity index (χ0n) is 11.5. The predicted molar refractivity (Wildman–Crippen MR) is 82.4 cm³/mol. The number of anilines is 1. The summed E-state index contributed by atoms with van der Waals surface area (Å²) in [5.41, 5.74) is 1.71. The maximum absolute atomic E-state index is 8.80. The topological polar surface area (TPSA) is 52.8 Å². The first-order chi connectivity index (χ1) is 10.3. The van der Waals surface area contributed by atoms with Crippen LogP contribution >= 0.6 is 11.6 Å². The molecule has 0 saturated carbocycles. The molecule has 0 amide bonds. The monoisotopic (exact) mass is 298 g/mol. The molecule has 1 aliphatic heterocycles. The molecule has 0 atom stereocenters. The van der Waals surface area contributed by atoms with Gasteiger partial charge in [-0.05, 0) is 37.1 Å². The molecule has 0 bridgehead atoms. The first-order valence-corrected chi connectivity index (χ1v) is 7.36. The summed E-state index contributed by atoms with van der Waals surface area (Å²) in [5, 5.41) is 9.48. The zero-order valence-corrected chi connectivity index (χ0v) is 12.3. The average molecular weight is 299 g/mol. The fourth-order valence-corrected chi connectivity index (χ4v) is 2.78. The van der Waals surface area contributed by atoms with Crippen molar-refractivity contribution >= 4 is 17.4 Å². The molecular formula is C16H15ClN4. The Labute approximate surface area is 129 Å². The standard InChI is InChI=1S/C16H15ClN4/c17-14-2-3-15(19-11-14)13-5-7-21(8-6-13)16-4-1-12(9-18)10-20-16/h1-4,10-11,13H,5-8H2. The highest BCUT2D eigenvalue weighted by molar-refractivity contribution is 6.30. The largest absolute Gasteiger partial charge is 0.357 e. The van der Waals surface area contributed by atoms with E-state index in [1.165, 1.54) is 0 Å². The molecule has 1 aliphatic rings. The molecule has 4 nitrogen and oxygen atoms in total. The van der Waals surface area contributed by atoms with Gasteiger partial charge >= 0.3 is 0 Å². The Balaban J connectivity index is 1.64. The van der Waals surface area contributed by atoms with Gasteiger partial charge in [-0.25, -0.2) is 4.98 Å². The van der Waals surface area contributed by atoms with Crippen molar-refractivity contribution in [2.75, 3.05) is 18.0 Å². The molecule has 2 aromatic rings. The summed E-state index contributed by atoms with van der Waals surface area (Å²) in [7, 11) is 0. The minimum absolute atomic E-state index is 0.483. The smallest absolute Gasteiger partial charge is 0.128 e. The summed E-state index contributed by atoms with van der Waals surface area (Å²) in [4.78, 5) is 11.0. The molecule has 1 fully saturated rings. The van der Waals surface area contributed by atoms with E-state index in [1.54, 1.807) is 12.4 Å². The van der Waals surface area contributed by atoms with E-state index in [9.17, 15) is 0 Å². The Morgan fingerprint density at radius 2 is 1.90 bits per heavy atom. The van der Waals surface area contributed by atoms with Gasteiger partial charge in [-0.15, -0.1) is 0 Å². The Morgan fingerprint density at radius 3 is 2.48 bits per heavy atom. The molecule has 0 aliphatic carbocycles. The molecule has 106 valence electrons. The van der Waals surface area contributed by atoms with E-state index < -0.39 is 0 Å². The second kappa shape index (κ2) is 6.11. The highest BCUT2D eigenvalue weighted by Crippen LogP contribution is 2.29. The van der Waals surface area contributed by atoms with Crippen molar-refractivity contribution in [2.24, 2.45) is 0 Å². The Bertz CT molecular complexity index is 637. The van der Waals surface area contributed by atoms with Crippen LogP contribution in [0.25, 0.3) is 0 Å². The van der Waals surface area contributed by atoms with Gasteiger partial charge in [-0.3, -0.25) is 4.98 Å². The van der Waals surface area contributed by atoms with Gasteiger partial charge in [0.1, 0.15) is 11.9 Å². The third-order valence-electron chi connectivity index (χ3n) is 3.86. The van der Waals surface area contributed by atoms with Crippen LogP contribution in [0.15, 0.2) is 36.7 Å². The quantitative estimate of drug-likeness (QED) is 0.853. The van der Waals surface area contributed by atoms with E-state index in [2.05, 4.69) is 20.9 Å². The van der Waals surface area contributed by atoms with E-state index >= 15 is 0 Å². The molecule has 2 aromatic heterocycles. The maximum atomic E-state index is 8.80. The van der Waals surface area contributed by atoms with Crippen LogP contribution in [-0.4, -0.2) is 23.1 Å². The van der Waals surface area contributed by atoms with Crippen LogP contribution in [0.1, 0.15) is 30.0 Å². The minimum atomic E-state index is 0.483. The third kappa shape index (κ3) is 3.14. The molecular weight excluding hydrogens is 284 g/mol. The molecule has 5 heteroatoms. The number of nitrogens with zero attached hydrogens (tertiary/aromatic N) is 4. The Hall–Kier alpha value is -2.12. The fraction of sp³-hybridized carbons (Fsp3) is 0.312. The van der Waals surface area contributed by atoms with E-state index in [1.807, 2.05) is 24.3 Å². The lowest BCUT2D eigenvalue weighted by Gasteiger charge is -2.32. The number of pyridine rings is 2. The van der Waals surface area contributed by atoms with Gasteiger partial charge in [-0.1, -0.05) is 11.6 Å². The second-order valence-electron chi connectivity index (χ2n) is 5.18. The molecule has 0 N–H and O–H groups in total. The van der Waals surface area contributed by atoms with Crippen molar-refractivity contribution in [3.05, 3.63) is 52.9 Å². The van der Waals surface area contributed by atoms with Crippen LogP contribution in [0.3, 0.4) is 0 Å². The van der Waals surface area contributed by atoms with E-state index in [0.29, 0.717) is 16.5 Å². The number of hydrogen-bond donors (Lipinski definition) is 0. The summed E-state index contributed by atoms with van der Waals surface area (Å²) in [6, 6.07) is 9.74. The lowest BCUT2D eigenvalue weighted by molar-refractivity contribution is 0.494. The summed E-state index contributed by atoms with van der Waals surface area (Å²) < 4.78 is 0. The van der Waals surface area contributed by atoms with Gasteiger partial charge in [0.05, 0.1) is 10.6 Å². The molecule has 0 unspecified atom stereocenters. The van der Waals surface area contributed by atoms with Crippen molar-refractivity contribution in [3.8, 4) is 6.07 Å². The lowest BCUT2D eigenvalue weighted by Crippen LogP contribution is -2.33. The van der Waals surface area contributed by atoms with Gasteiger partial charge in [0.25, 0.3) is 0 Å². The number of hydrogen-bond acceptors (Lipinski definition) is 4. The molecule has 0 spiro atoms. The summed E-state index contributed by atoms with van der Waals surface area (Å²) in [6.07, 6.45) is 5.44. The molecule has 0 aromatic carbocycles. The zero-order chi connectivity index (χ0) is 14.7. The van der Waals surface area contributed by atoms with Crippen molar-refractivity contribution in [3.63, 3.8) is 0 Å². The van der Waals surface area contributed by atoms with E-state index in [4.69, 9.17) is 16.9 Å². The Kier molecular flexibility index (Phi) is 4.03. The lowest BCUT2D eigenvalue weighted by atomic mass is 9.93. The van der Waals surface area contributed by atoms with Gasteiger partial charge in [0.15, 0.2) is 0 Å². The molecule has 3 rings (SSSR count). The van der Waals surface area contributed by atoms with Crippen LogP contribution in [0, 0.1) is 11.3 Å². The highest BCUT2D eigenvalue weighted by atomic mass is 35.5. The van der Waals surface area contributed by atoms with Crippen molar-refractivity contribution in [1.82, 2.24) is 9.97 Å². The average Bonchev–Trinajstić information content (AvgIpc) is 2.56. The highest BCUT2D eigenvalue weighted by Gasteiger charge is 2.22. The van der Waals surface area contributed by atoms with Crippen molar-refractivity contribution < 1.29 is 0 Å². The normalized spacial score (nSPS) is 15.7. The van der Waals surface area contributed by atoms with Crippen LogP contribution < -0.4 is 4.90 Å². The van der Waals surface area contributed by atoms with Crippen molar-refractivity contribution in [2.45, 2.75) is 18.8 Å². The second-order valence-corrected chi connectivity index (χ2v) is 5.62.